The number of benzene rings is 2. The number of aryl methyl sites for hydroxylation is 1. The van der Waals surface area contributed by atoms with Gasteiger partial charge in [0.25, 0.3) is 0 Å². The largest absolute Gasteiger partial charge is 0.461 e. The summed E-state index contributed by atoms with van der Waals surface area (Å²) in [6.45, 7) is 9.26. The molecule has 4 heterocycles. The molecule has 2 aliphatic heterocycles. The molecule has 6 rings (SSSR count). The van der Waals surface area contributed by atoms with Gasteiger partial charge in [-0.25, -0.2) is 4.98 Å². The average Bonchev–Trinajstić information content (AvgIpc) is 3.37. The quantitative estimate of drug-likeness (QED) is 0.317. The van der Waals surface area contributed by atoms with E-state index in [4.69, 9.17) is 25.2 Å². The fraction of sp³-hybridized carbons (Fsp3) is 0.500. The van der Waals surface area contributed by atoms with Crippen LogP contribution in [-0.4, -0.2) is 71.9 Å². The maximum absolute atomic E-state index is 6.51. The number of hydrogen-bond acceptors (Lipinski definition) is 9. The van der Waals surface area contributed by atoms with E-state index in [1.54, 1.807) is 0 Å². The molecule has 0 bridgehead atoms. The standard InChI is InChI=1S/C30H38N6O2S/c1-4-12-30(13-6-14-35(30)3)19-38-29-33-25-20(2)21(22-8-5-9-24-26(22)32-28(31)39-24)10-11-23(25)27(34-29)36-15-7-17-37-18-16-36/h5,8-11H,4,6-7,12-19H2,1-3H3,(H2,31,32). The lowest BCUT2D eigenvalue weighted by atomic mass is 9.92. The predicted octanol–water partition coefficient (Wildman–Crippen LogP) is 5.67. The molecule has 2 N–H and O–H groups in total. The number of nitrogens with two attached hydrogens (primary N) is 1. The van der Waals surface area contributed by atoms with Gasteiger partial charge in [0.2, 0.25) is 0 Å². The van der Waals surface area contributed by atoms with Gasteiger partial charge in [-0.3, -0.25) is 4.90 Å². The molecular formula is C30H38N6O2S. The molecule has 9 heteroatoms. The van der Waals surface area contributed by atoms with Crippen LogP contribution in [-0.2, 0) is 4.74 Å². The molecule has 2 aromatic carbocycles. The van der Waals surface area contributed by atoms with Gasteiger partial charge in [0.05, 0.1) is 27.9 Å². The van der Waals surface area contributed by atoms with Crippen LogP contribution in [0.5, 0.6) is 6.01 Å². The van der Waals surface area contributed by atoms with Gasteiger partial charge >= 0.3 is 6.01 Å². The second kappa shape index (κ2) is 10.9. The normalized spacial score (nSPS) is 20.6. The number of ether oxygens (including phenoxy) is 2. The third kappa shape index (κ3) is 4.92. The molecule has 2 aromatic heterocycles. The molecular weight excluding hydrogens is 508 g/mol. The Labute approximate surface area is 234 Å². The number of anilines is 2. The maximum Gasteiger partial charge on any atom is 0.319 e. The van der Waals surface area contributed by atoms with Crippen LogP contribution < -0.4 is 15.4 Å². The average molecular weight is 547 g/mol. The second-order valence-electron chi connectivity index (χ2n) is 10.9. The third-order valence-corrected chi connectivity index (χ3v) is 9.31. The summed E-state index contributed by atoms with van der Waals surface area (Å²) in [6, 6.07) is 11.0. The highest BCUT2D eigenvalue weighted by atomic mass is 32.1. The second-order valence-corrected chi connectivity index (χ2v) is 12.0. The molecule has 0 amide bonds. The van der Waals surface area contributed by atoms with Crippen molar-refractivity contribution in [1.82, 2.24) is 19.9 Å². The number of likely N-dealkylation sites (tertiary alicyclic amines) is 1. The molecule has 0 aliphatic carbocycles. The Morgan fingerprint density at radius 3 is 2.74 bits per heavy atom. The fourth-order valence-electron chi connectivity index (χ4n) is 6.34. The molecule has 1 unspecified atom stereocenters. The first-order chi connectivity index (χ1) is 19.0. The highest BCUT2D eigenvalue weighted by Gasteiger charge is 2.39. The zero-order chi connectivity index (χ0) is 27.0. The van der Waals surface area contributed by atoms with Gasteiger partial charge in [0.15, 0.2) is 5.13 Å². The van der Waals surface area contributed by atoms with Crippen LogP contribution >= 0.6 is 11.3 Å². The first-order valence-electron chi connectivity index (χ1n) is 14.1. The number of para-hydroxylation sites is 1. The Morgan fingerprint density at radius 1 is 1.03 bits per heavy atom. The smallest absolute Gasteiger partial charge is 0.319 e. The van der Waals surface area contributed by atoms with Crippen molar-refractivity contribution in [3.05, 3.63) is 35.9 Å². The minimum atomic E-state index is 0.0424. The van der Waals surface area contributed by atoms with E-state index in [0.29, 0.717) is 24.4 Å². The summed E-state index contributed by atoms with van der Waals surface area (Å²) in [6.07, 6.45) is 5.55. The van der Waals surface area contributed by atoms with E-state index in [9.17, 15) is 0 Å². The fourth-order valence-corrected chi connectivity index (χ4v) is 7.10. The Kier molecular flexibility index (Phi) is 7.31. The molecule has 2 saturated heterocycles. The summed E-state index contributed by atoms with van der Waals surface area (Å²) in [4.78, 5) is 19.5. The zero-order valence-corrected chi connectivity index (χ0v) is 24.0. The van der Waals surface area contributed by atoms with Crippen LogP contribution in [0.2, 0.25) is 0 Å². The van der Waals surface area contributed by atoms with E-state index < -0.39 is 0 Å². The predicted molar refractivity (Wildman–Crippen MR) is 160 cm³/mol. The monoisotopic (exact) mass is 546 g/mol. The molecule has 4 aromatic rings. The van der Waals surface area contributed by atoms with E-state index in [2.05, 4.69) is 66.0 Å². The number of thiazole rings is 1. The summed E-state index contributed by atoms with van der Waals surface area (Å²) < 4.78 is 13.4. The molecule has 1 atom stereocenters. The number of nitrogens with zero attached hydrogens (tertiary/aromatic N) is 5. The Morgan fingerprint density at radius 2 is 1.92 bits per heavy atom. The molecule has 0 radical (unpaired) electrons. The van der Waals surface area contributed by atoms with Crippen molar-refractivity contribution < 1.29 is 9.47 Å². The summed E-state index contributed by atoms with van der Waals surface area (Å²) in [5.74, 6) is 0.926. The van der Waals surface area contributed by atoms with Crippen molar-refractivity contribution in [2.24, 2.45) is 0 Å². The van der Waals surface area contributed by atoms with Gasteiger partial charge < -0.3 is 20.1 Å². The highest BCUT2D eigenvalue weighted by molar-refractivity contribution is 7.22. The number of nitrogen functional groups attached to an aromatic ring is 1. The van der Waals surface area contributed by atoms with Crippen molar-refractivity contribution in [3.8, 4) is 17.1 Å². The molecule has 206 valence electrons. The highest BCUT2D eigenvalue weighted by Crippen LogP contribution is 2.39. The molecule has 0 saturated carbocycles. The SMILES string of the molecule is CCCC1(COc2nc(N3CCCOCC3)c3ccc(-c4cccc5sc(N)nc45)c(C)c3n2)CCCN1C. The third-order valence-electron chi connectivity index (χ3n) is 8.46. The minimum Gasteiger partial charge on any atom is -0.461 e. The maximum atomic E-state index is 6.51. The number of fused-ring (bicyclic) bond motifs is 2. The first kappa shape index (κ1) is 26.2. The number of rotatable bonds is 7. The molecule has 8 nitrogen and oxygen atoms in total. The Hall–Kier alpha value is -3.01. The number of hydrogen-bond donors (Lipinski definition) is 1. The Balaban J connectivity index is 1.46. The van der Waals surface area contributed by atoms with Gasteiger partial charge in [-0.2, -0.15) is 9.97 Å². The van der Waals surface area contributed by atoms with Crippen LogP contribution in [0.4, 0.5) is 10.9 Å². The molecule has 0 spiro atoms. The lowest BCUT2D eigenvalue weighted by Crippen LogP contribution is -2.46. The van der Waals surface area contributed by atoms with Gasteiger partial charge in [0.1, 0.15) is 12.4 Å². The Bertz CT molecular complexity index is 1480. The lowest BCUT2D eigenvalue weighted by molar-refractivity contribution is 0.0828. The summed E-state index contributed by atoms with van der Waals surface area (Å²) >= 11 is 1.52. The number of likely N-dealkylation sites (N-methyl/N-ethyl adjacent to an activating group) is 1. The molecule has 2 aliphatic rings. The topological polar surface area (TPSA) is 89.6 Å². The van der Waals surface area contributed by atoms with E-state index in [1.165, 1.54) is 17.8 Å². The van der Waals surface area contributed by atoms with Gasteiger partial charge in [-0.1, -0.05) is 42.9 Å². The van der Waals surface area contributed by atoms with E-state index in [-0.39, 0.29) is 5.54 Å². The molecule has 39 heavy (non-hydrogen) atoms. The lowest BCUT2D eigenvalue weighted by Gasteiger charge is -2.35. The van der Waals surface area contributed by atoms with Crippen LogP contribution in [0.1, 0.15) is 44.6 Å². The van der Waals surface area contributed by atoms with Gasteiger partial charge in [-0.05, 0) is 69.5 Å². The van der Waals surface area contributed by atoms with Crippen molar-refractivity contribution >= 4 is 43.4 Å². The molecule has 2 fully saturated rings. The summed E-state index contributed by atoms with van der Waals surface area (Å²) in [5, 5.41) is 1.62. The van der Waals surface area contributed by atoms with Crippen LogP contribution in [0.25, 0.3) is 32.2 Å². The van der Waals surface area contributed by atoms with Crippen LogP contribution in [0.3, 0.4) is 0 Å². The number of aromatic nitrogens is 3. The van der Waals surface area contributed by atoms with Crippen LogP contribution in [0.15, 0.2) is 30.3 Å². The van der Waals surface area contributed by atoms with E-state index in [1.807, 2.05) is 0 Å². The van der Waals surface area contributed by atoms with Crippen molar-refractivity contribution in [2.45, 2.75) is 51.5 Å². The summed E-state index contributed by atoms with van der Waals surface area (Å²) in [5.41, 5.74) is 11.2. The summed E-state index contributed by atoms with van der Waals surface area (Å²) in [7, 11) is 2.22. The van der Waals surface area contributed by atoms with E-state index in [0.717, 1.165) is 95.6 Å². The zero-order valence-electron chi connectivity index (χ0n) is 23.2. The minimum absolute atomic E-state index is 0.0424. The van der Waals surface area contributed by atoms with Crippen molar-refractivity contribution in [3.63, 3.8) is 0 Å². The van der Waals surface area contributed by atoms with Gasteiger partial charge in [-0.15, -0.1) is 0 Å². The van der Waals surface area contributed by atoms with E-state index >= 15 is 0 Å². The van der Waals surface area contributed by atoms with Crippen LogP contribution in [0, 0.1) is 6.92 Å². The first-order valence-corrected chi connectivity index (χ1v) is 14.9. The van der Waals surface area contributed by atoms with Crippen molar-refractivity contribution in [1.29, 1.82) is 0 Å². The van der Waals surface area contributed by atoms with Crippen molar-refractivity contribution in [2.75, 3.05) is 57.1 Å². The van der Waals surface area contributed by atoms with Gasteiger partial charge in [0, 0.05) is 30.6 Å².